The number of aryl methyl sites for hydroxylation is 2. The third-order valence-corrected chi connectivity index (χ3v) is 5.36. The Hall–Kier alpha value is -4.12. The van der Waals surface area contributed by atoms with Crippen LogP contribution in [0.2, 0.25) is 0 Å². The number of pyridine rings is 1. The van der Waals surface area contributed by atoms with Crippen molar-refractivity contribution in [3.05, 3.63) is 70.5 Å². The smallest absolute Gasteiger partial charge is 0.409 e. The number of amides is 3. The zero-order chi connectivity index (χ0) is 23.6. The van der Waals surface area contributed by atoms with Crippen LogP contribution in [0.1, 0.15) is 33.4 Å². The Labute approximate surface area is 193 Å². The molecule has 170 valence electrons. The van der Waals surface area contributed by atoms with Crippen molar-refractivity contribution in [1.82, 2.24) is 20.6 Å². The lowest BCUT2D eigenvalue weighted by Crippen LogP contribution is -2.23. The Morgan fingerprint density at radius 1 is 1.12 bits per heavy atom. The summed E-state index contributed by atoms with van der Waals surface area (Å²) in [7, 11) is 0. The molecule has 0 aliphatic rings. The second kappa shape index (κ2) is 11.5. The summed E-state index contributed by atoms with van der Waals surface area (Å²) in [4.78, 5) is 47.6. The van der Waals surface area contributed by atoms with Crippen molar-refractivity contribution in [2.75, 3.05) is 5.32 Å². The maximum atomic E-state index is 12.8. The van der Waals surface area contributed by atoms with Gasteiger partial charge in [-0.15, -0.1) is 0 Å². The number of hydrogen-bond donors (Lipinski definition) is 4. The number of carboxylic acid groups (broad SMARTS) is 1. The molecule has 3 aromatic rings. The second-order valence-corrected chi connectivity index (χ2v) is 7.89. The van der Waals surface area contributed by atoms with Crippen LogP contribution in [0.5, 0.6) is 0 Å². The minimum Gasteiger partial charge on any atom is -0.465 e. The molecule has 11 heteroatoms. The molecule has 0 saturated carbocycles. The molecule has 0 unspecified atom stereocenters. The van der Waals surface area contributed by atoms with E-state index in [-0.39, 0.29) is 11.8 Å². The van der Waals surface area contributed by atoms with Gasteiger partial charge in [-0.3, -0.25) is 19.9 Å². The summed E-state index contributed by atoms with van der Waals surface area (Å²) in [5.74, 6) is -0.523. The van der Waals surface area contributed by atoms with Gasteiger partial charge in [0, 0.05) is 25.9 Å². The number of hydrogen-bond acceptors (Lipinski definition) is 7. The van der Waals surface area contributed by atoms with E-state index < -0.39 is 6.09 Å². The molecule has 3 amide bonds. The van der Waals surface area contributed by atoms with Crippen LogP contribution in [0.25, 0.3) is 0 Å². The fourth-order valence-electron chi connectivity index (χ4n) is 2.84. The monoisotopic (exact) mass is 466 g/mol. The first-order valence-electron chi connectivity index (χ1n) is 9.96. The van der Waals surface area contributed by atoms with Gasteiger partial charge < -0.3 is 15.7 Å². The van der Waals surface area contributed by atoms with Gasteiger partial charge in [0.1, 0.15) is 4.88 Å². The summed E-state index contributed by atoms with van der Waals surface area (Å²) < 4.78 is 0. The maximum Gasteiger partial charge on any atom is 0.409 e. The number of benzene rings is 1. The van der Waals surface area contributed by atoms with Crippen LogP contribution >= 0.6 is 11.3 Å². The number of carbonyl (C=O) groups is 3. The average Bonchev–Trinajstić information content (AvgIpc) is 3.19. The van der Waals surface area contributed by atoms with Gasteiger partial charge in [-0.25, -0.2) is 14.8 Å². The lowest BCUT2D eigenvalue weighted by atomic mass is 10.1. The van der Waals surface area contributed by atoms with Crippen molar-refractivity contribution >= 4 is 46.4 Å². The van der Waals surface area contributed by atoms with Gasteiger partial charge in [0.15, 0.2) is 5.13 Å². The van der Waals surface area contributed by atoms with Gasteiger partial charge in [0.05, 0.1) is 17.7 Å². The van der Waals surface area contributed by atoms with E-state index in [9.17, 15) is 14.4 Å². The van der Waals surface area contributed by atoms with E-state index in [1.165, 1.54) is 6.92 Å². The molecule has 0 atom stereocenters. The lowest BCUT2D eigenvalue weighted by Gasteiger charge is -2.06. The zero-order valence-corrected chi connectivity index (χ0v) is 18.6. The van der Waals surface area contributed by atoms with Gasteiger partial charge in [0.2, 0.25) is 5.91 Å². The number of aromatic nitrogens is 2. The van der Waals surface area contributed by atoms with E-state index in [1.54, 1.807) is 30.6 Å². The van der Waals surface area contributed by atoms with Crippen molar-refractivity contribution in [3.63, 3.8) is 0 Å². The van der Waals surface area contributed by atoms with E-state index in [4.69, 9.17) is 5.11 Å². The molecule has 2 aromatic heterocycles. The zero-order valence-electron chi connectivity index (χ0n) is 17.7. The summed E-state index contributed by atoms with van der Waals surface area (Å²) in [5.41, 5.74) is 3.07. The van der Waals surface area contributed by atoms with Crippen LogP contribution in [0.4, 0.5) is 15.6 Å². The first-order valence-corrected chi connectivity index (χ1v) is 10.8. The van der Waals surface area contributed by atoms with E-state index in [2.05, 4.69) is 30.9 Å². The Balaban J connectivity index is 1.67. The van der Waals surface area contributed by atoms with Crippen molar-refractivity contribution in [1.29, 1.82) is 0 Å². The van der Waals surface area contributed by atoms with Crippen LogP contribution in [-0.4, -0.2) is 39.3 Å². The number of rotatable bonds is 9. The summed E-state index contributed by atoms with van der Waals surface area (Å²) in [5, 5.41) is 16.5. The largest absolute Gasteiger partial charge is 0.465 e. The Kier molecular flexibility index (Phi) is 8.19. The number of aliphatic imine (C=N–C) groups is 1. The van der Waals surface area contributed by atoms with E-state index in [1.807, 2.05) is 18.2 Å². The van der Waals surface area contributed by atoms with Gasteiger partial charge >= 0.3 is 6.09 Å². The number of anilines is 1. The van der Waals surface area contributed by atoms with Crippen LogP contribution in [-0.2, 0) is 24.2 Å². The summed E-state index contributed by atoms with van der Waals surface area (Å²) in [6.45, 7) is 1.72. The van der Waals surface area contributed by atoms with Gasteiger partial charge in [-0.2, -0.15) is 0 Å². The molecule has 10 nitrogen and oxygen atoms in total. The molecular weight excluding hydrogens is 444 g/mol. The molecule has 0 radical (unpaired) electrons. The van der Waals surface area contributed by atoms with Crippen molar-refractivity contribution in [3.8, 4) is 0 Å². The predicted molar refractivity (Wildman–Crippen MR) is 125 cm³/mol. The predicted octanol–water partition coefficient (Wildman–Crippen LogP) is 3.14. The molecule has 3 rings (SSSR count). The number of nitrogens with zero attached hydrogens (tertiary/aromatic N) is 3. The molecular formula is C22H22N6O4S. The van der Waals surface area contributed by atoms with Crippen LogP contribution in [0.15, 0.2) is 53.8 Å². The third kappa shape index (κ3) is 7.51. The third-order valence-electron chi connectivity index (χ3n) is 4.35. The first-order chi connectivity index (χ1) is 15.9. The molecule has 0 fully saturated rings. The maximum absolute atomic E-state index is 12.8. The van der Waals surface area contributed by atoms with Gasteiger partial charge in [-0.1, -0.05) is 29.5 Å². The highest BCUT2D eigenvalue weighted by molar-refractivity contribution is 7.17. The SMILES string of the molecule is CC(=O)Nc1nc(CCc2ccc(N=CNC(=O)O)cc2)c(C(=O)NCc2cccnc2)s1. The fourth-order valence-corrected chi connectivity index (χ4v) is 3.82. The molecule has 0 aliphatic heterocycles. The second-order valence-electron chi connectivity index (χ2n) is 6.89. The molecule has 0 bridgehead atoms. The van der Waals surface area contributed by atoms with E-state index in [0.717, 1.165) is 28.8 Å². The number of nitrogens with one attached hydrogen (secondary N) is 3. The lowest BCUT2D eigenvalue weighted by molar-refractivity contribution is -0.114. The first kappa shape index (κ1) is 23.5. The molecule has 0 saturated heterocycles. The number of thiazole rings is 1. The van der Waals surface area contributed by atoms with Crippen LogP contribution in [0, 0.1) is 0 Å². The van der Waals surface area contributed by atoms with Crippen LogP contribution in [0.3, 0.4) is 0 Å². The highest BCUT2D eigenvalue weighted by Crippen LogP contribution is 2.25. The molecule has 2 heterocycles. The van der Waals surface area contributed by atoms with Crippen molar-refractivity contribution in [2.24, 2.45) is 4.99 Å². The average molecular weight is 467 g/mol. The van der Waals surface area contributed by atoms with E-state index in [0.29, 0.717) is 40.8 Å². The summed E-state index contributed by atoms with van der Waals surface area (Å²) in [6.07, 6.45) is 4.38. The number of carbonyl (C=O) groups excluding carboxylic acids is 2. The van der Waals surface area contributed by atoms with Gasteiger partial charge in [0.25, 0.3) is 5.91 Å². The molecule has 1 aromatic carbocycles. The molecule has 0 spiro atoms. The normalized spacial score (nSPS) is 10.7. The summed E-state index contributed by atoms with van der Waals surface area (Å²) >= 11 is 1.14. The van der Waals surface area contributed by atoms with E-state index >= 15 is 0 Å². The van der Waals surface area contributed by atoms with Crippen molar-refractivity contribution in [2.45, 2.75) is 26.3 Å². The Bertz CT molecular complexity index is 1150. The topological polar surface area (TPSA) is 146 Å². The van der Waals surface area contributed by atoms with Gasteiger partial charge in [-0.05, 0) is 42.2 Å². The minimum absolute atomic E-state index is 0.258. The molecule has 33 heavy (non-hydrogen) atoms. The highest BCUT2D eigenvalue weighted by atomic mass is 32.1. The van der Waals surface area contributed by atoms with Crippen LogP contribution < -0.4 is 16.0 Å². The van der Waals surface area contributed by atoms with Crippen molar-refractivity contribution < 1.29 is 19.5 Å². The standard InChI is InChI=1S/C22H22N6O4S/c1-14(29)27-21-28-18(19(33-21)20(30)24-12-16-3-2-10-23-11-16)9-6-15-4-7-17(8-5-15)25-13-26-22(31)32/h2-5,7-8,10-11,13H,6,9,12H2,1H3,(H,24,30)(H,25,26)(H,31,32)(H,27,28,29). The Morgan fingerprint density at radius 3 is 2.58 bits per heavy atom. The Morgan fingerprint density at radius 2 is 1.91 bits per heavy atom. The molecule has 4 N–H and O–H groups in total. The minimum atomic E-state index is -1.18. The fraction of sp³-hybridized carbons (Fsp3) is 0.182. The quantitative estimate of drug-likeness (QED) is 0.281. The summed E-state index contributed by atoms with van der Waals surface area (Å²) in [6, 6.07) is 10.9. The molecule has 0 aliphatic carbocycles. The highest BCUT2D eigenvalue weighted by Gasteiger charge is 2.18.